The van der Waals surface area contributed by atoms with Crippen molar-refractivity contribution in [1.82, 2.24) is 5.32 Å². The van der Waals surface area contributed by atoms with Gasteiger partial charge >= 0.3 is 0 Å². The van der Waals surface area contributed by atoms with Crippen molar-refractivity contribution >= 4 is 11.6 Å². The first-order valence-corrected chi connectivity index (χ1v) is 5.94. The van der Waals surface area contributed by atoms with E-state index >= 15 is 0 Å². The lowest BCUT2D eigenvalue weighted by Crippen LogP contribution is -2.16. The second-order valence-corrected chi connectivity index (χ2v) is 4.34. The van der Waals surface area contributed by atoms with Gasteiger partial charge in [0.2, 0.25) is 0 Å². The highest BCUT2D eigenvalue weighted by molar-refractivity contribution is 6.30. The summed E-state index contributed by atoms with van der Waals surface area (Å²) < 4.78 is 5.59. The van der Waals surface area contributed by atoms with E-state index in [2.05, 4.69) is 5.32 Å². The monoisotopic (exact) mass is 241 g/mol. The van der Waals surface area contributed by atoms with Gasteiger partial charge in [-0.15, -0.1) is 0 Å². The standard InChI is InChI=1S/C12H16ClNO2/c13-11-6-9-2-5-16-12(9)10(7-11)8-14-3-1-4-15/h6-7,14-15H,1-5,8H2. The minimum Gasteiger partial charge on any atom is -0.493 e. The number of hydrogen-bond acceptors (Lipinski definition) is 3. The van der Waals surface area contributed by atoms with Crippen LogP contribution in [-0.2, 0) is 13.0 Å². The average molecular weight is 242 g/mol. The van der Waals surface area contributed by atoms with Gasteiger partial charge in [0.05, 0.1) is 6.61 Å². The second-order valence-electron chi connectivity index (χ2n) is 3.91. The Morgan fingerprint density at radius 1 is 1.44 bits per heavy atom. The summed E-state index contributed by atoms with van der Waals surface area (Å²) in [5, 5.41) is 12.7. The molecule has 1 aromatic rings. The third kappa shape index (κ3) is 2.67. The number of aliphatic hydroxyl groups is 1. The molecule has 0 aromatic heterocycles. The molecule has 2 N–H and O–H groups in total. The van der Waals surface area contributed by atoms with Gasteiger partial charge < -0.3 is 15.2 Å². The number of halogens is 1. The SMILES string of the molecule is OCCCNCc1cc(Cl)cc2c1OCC2. The molecule has 0 aliphatic carbocycles. The minimum atomic E-state index is 0.219. The summed E-state index contributed by atoms with van der Waals surface area (Å²) in [6.45, 7) is 2.51. The maximum Gasteiger partial charge on any atom is 0.127 e. The van der Waals surface area contributed by atoms with Gasteiger partial charge in [0, 0.05) is 30.2 Å². The molecule has 2 rings (SSSR count). The van der Waals surface area contributed by atoms with Crippen LogP contribution in [0.2, 0.25) is 5.02 Å². The Morgan fingerprint density at radius 2 is 2.31 bits per heavy atom. The van der Waals surface area contributed by atoms with Crippen molar-refractivity contribution in [2.75, 3.05) is 19.8 Å². The summed E-state index contributed by atoms with van der Waals surface area (Å²) in [7, 11) is 0. The maximum atomic E-state index is 8.68. The molecule has 1 aromatic carbocycles. The molecule has 1 heterocycles. The topological polar surface area (TPSA) is 41.5 Å². The van der Waals surface area contributed by atoms with Crippen molar-refractivity contribution in [3.63, 3.8) is 0 Å². The molecular formula is C12H16ClNO2. The van der Waals surface area contributed by atoms with Crippen LogP contribution in [0.5, 0.6) is 5.75 Å². The largest absolute Gasteiger partial charge is 0.493 e. The highest BCUT2D eigenvalue weighted by atomic mass is 35.5. The van der Waals surface area contributed by atoms with Gasteiger partial charge in [-0.25, -0.2) is 0 Å². The van der Waals surface area contributed by atoms with Crippen molar-refractivity contribution in [2.45, 2.75) is 19.4 Å². The molecule has 88 valence electrons. The Bertz CT molecular complexity index is 368. The van der Waals surface area contributed by atoms with E-state index in [0.29, 0.717) is 0 Å². The fourth-order valence-corrected chi connectivity index (χ4v) is 2.17. The summed E-state index contributed by atoms with van der Waals surface area (Å²) in [6, 6.07) is 3.92. The molecule has 0 saturated carbocycles. The number of rotatable bonds is 5. The Balaban J connectivity index is 2.03. The molecule has 0 spiro atoms. The average Bonchev–Trinajstić information content (AvgIpc) is 2.72. The number of hydrogen-bond donors (Lipinski definition) is 2. The lowest BCUT2D eigenvalue weighted by Gasteiger charge is -2.09. The second kappa shape index (κ2) is 5.53. The van der Waals surface area contributed by atoms with Gasteiger partial charge in [0.25, 0.3) is 0 Å². The van der Waals surface area contributed by atoms with Crippen LogP contribution in [0, 0.1) is 0 Å². The fourth-order valence-electron chi connectivity index (χ4n) is 1.90. The summed E-state index contributed by atoms with van der Waals surface area (Å²) in [5.74, 6) is 0.987. The zero-order chi connectivity index (χ0) is 11.4. The number of ether oxygens (including phenoxy) is 1. The quantitative estimate of drug-likeness (QED) is 0.772. The van der Waals surface area contributed by atoms with Crippen LogP contribution in [-0.4, -0.2) is 24.9 Å². The molecule has 3 nitrogen and oxygen atoms in total. The van der Waals surface area contributed by atoms with Gasteiger partial charge in [-0.2, -0.15) is 0 Å². The summed E-state index contributed by atoms with van der Waals surface area (Å²) in [4.78, 5) is 0. The van der Waals surface area contributed by atoms with Crippen molar-refractivity contribution < 1.29 is 9.84 Å². The van der Waals surface area contributed by atoms with E-state index in [1.54, 1.807) is 0 Å². The number of nitrogens with one attached hydrogen (secondary N) is 1. The van der Waals surface area contributed by atoms with Crippen LogP contribution in [0.25, 0.3) is 0 Å². The van der Waals surface area contributed by atoms with Crippen LogP contribution in [0.3, 0.4) is 0 Å². The summed E-state index contributed by atoms with van der Waals surface area (Å²) >= 11 is 6.05. The Labute approximate surface area is 100 Å². The molecule has 4 heteroatoms. The first-order chi connectivity index (χ1) is 7.81. The lowest BCUT2D eigenvalue weighted by molar-refractivity contribution is 0.285. The van der Waals surface area contributed by atoms with E-state index in [1.807, 2.05) is 12.1 Å². The van der Waals surface area contributed by atoms with E-state index in [-0.39, 0.29) is 6.61 Å². The highest BCUT2D eigenvalue weighted by Crippen LogP contribution is 2.32. The smallest absolute Gasteiger partial charge is 0.127 e. The first kappa shape index (κ1) is 11.7. The van der Waals surface area contributed by atoms with Crippen LogP contribution < -0.4 is 10.1 Å². The van der Waals surface area contributed by atoms with Gasteiger partial charge in [0.1, 0.15) is 5.75 Å². The number of fused-ring (bicyclic) bond motifs is 1. The van der Waals surface area contributed by atoms with E-state index in [9.17, 15) is 0 Å². The minimum absolute atomic E-state index is 0.219. The van der Waals surface area contributed by atoms with Crippen LogP contribution in [0.15, 0.2) is 12.1 Å². The predicted octanol–water partition coefficient (Wildman–Crippen LogP) is 1.75. The highest BCUT2D eigenvalue weighted by Gasteiger charge is 2.16. The summed E-state index contributed by atoms with van der Waals surface area (Å²) in [6.07, 6.45) is 1.71. The van der Waals surface area contributed by atoms with E-state index in [4.69, 9.17) is 21.4 Å². The fraction of sp³-hybridized carbons (Fsp3) is 0.500. The van der Waals surface area contributed by atoms with Gasteiger partial charge in [-0.05, 0) is 30.7 Å². The number of aliphatic hydroxyl groups excluding tert-OH is 1. The Morgan fingerprint density at radius 3 is 3.12 bits per heavy atom. The zero-order valence-corrected chi connectivity index (χ0v) is 9.89. The van der Waals surface area contributed by atoms with Crippen molar-refractivity contribution in [3.8, 4) is 5.75 Å². The lowest BCUT2D eigenvalue weighted by atomic mass is 10.1. The molecule has 0 radical (unpaired) electrons. The first-order valence-electron chi connectivity index (χ1n) is 5.57. The van der Waals surface area contributed by atoms with Crippen LogP contribution in [0.4, 0.5) is 0 Å². The Kier molecular flexibility index (Phi) is 4.04. The molecule has 1 aliphatic heterocycles. The maximum absolute atomic E-state index is 8.68. The van der Waals surface area contributed by atoms with Crippen LogP contribution >= 0.6 is 11.6 Å². The van der Waals surface area contributed by atoms with Gasteiger partial charge in [0.15, 0.2) is 0 Å². The molecule has 16 heavy (non-hydrogen) atoms. The molecular weight excluding hydrogens is 226 g/mol. The van der Waals surface area contributed by atoms with E-state index in [1.165, 1.54) is 5.56 Å². The van der Waals surface area contributed by atoms with Gasteiger partial charge in [-0.3, -0.25) is 0 Å². The Hall–Kier alpha value is -0.770. The molecule has 0 bridgehead atoms. The van der Waals surface area contributed by atoms with E-state index in [0.717, 1.165) is 48.9 Å². The summed E-state index contributed by atoms with van der Waals surface area (Å²) in [5.41, 5.74) is 2.31. The third-order valence-electron chi connectivity index (χ3n) is 2.65. The molecule has 0 saturated heterocycles. The molecule has 0 fully saturated rings. The zero-order valence-electron chi connectivity index (χ0n) is 9.13. The van der Waals surface area contributed by atoms with E-state index < -0.39 is 0 Å². The van der Waals surface area contributed by atoms with Gasteiger partial charge in [-0.1, -0.05) is 11.6 Å². The van der Waals surface area contributed by atoms with Crippen LogP contribution in [0.1, 0.15) is 17.5 Å². The predicted molar refractivity (Wildman–Crippen MR) is 64.1 cm³/mol. The van der Waals surface area contributed by atoms with Crippen molar-refractivity contribution in [3.05, 3.63) is 28.3 Å². The number of benzene rings is 1. The molecule has 0 unspecified atom stereocenters. The molecule has 1 aliphatic rings. The van der Waals surface area contributed by atoms with Crippen molar-refractivity contribution in [1.29, 1.82) is 0 Å². The molecule has 0 atom stereocenters. The normalized spacial score (nSPS) is 13.6. The molecule has 0 amide bonds. The third-order valence-corrected chi connectivity index (χ3v) is 2.87. The van der Waals surface area contributed by atoms with Crippen molar-refractivity contribution in [2.24, 2.45) is 0 Å².